The molecular weight excluding hydrogens is 332 g/mol. The molecule has 1 aromatic heterocycles. The molecule has 1 N–H and O–H groups in total. The summed E-state index contributed by atoms with van der Waals surface area (Å²) < 4.78 is 16.3. The van der Waals surface area contributed by atoms with Gasteiger partial charge in [-0.1, -0.05) is 17.3 Å². The van der Waals surface area contributed by atoms with E-state index in [1.54, 1.807) is 37.4 Å². The lowest BCUT2D eigenvalue weighted by Crippen LogP contribution is -2.12. The number of hydrogen-bond donors (Lipinski definition) is 1. The minimum atomic E-state index is -0.293. The molecule has 1 amide bonds. The zero-order chi connectivity index (χ0) is 17.9. The molecule has 0 atom stereocenters. The van der Waals surface area contributed by atoms with Crippen LogP contribution in [0.15, 0.2) is 59.1 Å². The number of methoxy groups -OCH3 is 1. The Morgan fingerprint density at radius 1 is 1.12 bits per heavy atom. The molecule has 0 spiro atoms. The average molecular weight is 350 g/mol. The van der Waals surface area contributed by atoms with Crippen molar-refractivity contribution in [2.24, 2.45) is 0 Å². The van der Waals surface area contributed by atoms with E-state index in [1.807, 2.05) is 24.3 Å². The fraction of sp³-hybridized carbons (Fsp3) is 0.200. The van der Waals surface area contributed by atoms with Gasteiger partial charge in [-0.05, 0) is 49.2 Å². The average Bonchev–Trinajstić information content (AvgIpc) is 3.40. The summed E-state index contributed by atoms with van der Waals surface area (Å²) in [6.45, 7) is 0. The number of para-hydroxylation sites is 2. The van der Waals surface area contributed by atoms with Gasteiger partial charge in [0, 0.05) is 17.7 Å². The van der Waals surface area contributed by atoms with Gasteiger partial charge in [0.25, 0.3) is 5.91 Å². The van der Waals surface area contributed by atoms with Crippen molar-refractivity contribution in [1.82, 2.24) is 5.16 Å². The molecule has 0 radical (unpaired) electrons. The highest BCUT2D eigenvalue weighted by molar-refractivity contribution is 6.02. The summed E-state index contributed by atoms with van der Waals surface area (Å²) in [7, 11) is 1.60. The van der Waals surface area contributed by atoms with E-state index in [0.717, 1.165) is 18.6 Å². The van der Waals surface area contributed by atoms with E-state index in [1.165, 1.54) is 0 Å². The molecule has 0 bridgehead atoms. The van der Waals surface area contributed by atoms with E-state index in [9.17, 15) is 4.79 Å². The van der Waals surface area contributed by atoms with Crippen molar-refractivity contribution in [3.05, 3.63) is 66.1 Å². The molecule has 4 rings (SSSR count). The number of nitrogens with zero attached hydrogens (tertiary/aromatic N) is 1. The minimum Gasteiger partial charge on any atom is -0.493 e. The second kappa shape index (κ2) is 6.92. The highest BCUT2D eigenvalue weighted by Crippen LogP contribution is 2.40. The maximum absolute atomic E-state index is 12.2. The summed E-state index contributed by atoms with van der Waals surface area (Å²) in [5.41, 5.74) is 0.944. The van der Waals surface area contributed by atoms with Crippen molar-refractivity contribution in [3.8, 4) is 17.2 Å². The number of carbonyl (C=O) groups is 1. The molecule has 0 unspecified atom stereocenters. The van der Waals surface area contributed by atoms with E-state index < -0.39 is 0 Å². The maximum atomic E-state index is 12.2. The predicted molar refractivity (Wildman–Crippen MR) is 95.9 cm³/mol. The number of ether oxygens (including phenoxy) is 2. The highest BCUT2D eigenvalue weighted by atomic mass is 16.5. The van der Waals surface area contributed by atoms with Crippen LogP contribution in [0.5, 0.6) is 17.2 Å². The first-order valence-corrected chi connectivity index (χ1v) is 8.42. The molecule has 1 fully saturated rings. The first-order chi connectivity index (χ1) is 12.7. The Hall–Kier alpha value is -3.28. The van der Waals surface area contributed by atoms with Crippen molar-refractivity contribution < 1.29 is 18.8 Å². The van der Waals surface area contributed by atoms with Gasteiger partial charge < -0.3 is 19.3 Å². The van der Waals surface area contributed by atoms with Gasteiger partial charge in [-0.25, -0.2) is 0 Å². The first-order valence-electron chi connectivity index (χ1n) is 8.42. The third kappa shape index (κ3) is 3.54. The number of carbonyl (C=O) groups excluding carboxylic acids is 1. The molecule has 1 aliphatic carbocycles. The van der Waals surface area contributed by atoms with Gasteiger partial charge in [0.1, 0.15) is 11.5 Å². The molecule has 6 nitrogen and oxygen atoms in total. The summed E-state index contributed by atoms with van der Waals surface area (Å²) in [6, 6.07) is 16.2. The Labute approximate surface area is 150 Å². The van der Waals surface area contributed by atoms with Crippen molar-refractivity contribution in [2.45, 2.75) is 18.8 Å². The number of hydrogen-bond acceptors (Lipinski definition) is 5. The highest BCUT2D eigenvalue weighted by Gasteiger charge is 2.28. The summed E-state index contributed by atoms with van der Waals surface area (Å²) in [4.78, 5) is 12.2. The van der Waals surface area contributed by atoms with Gasteiger partial charge >= 0.3 is 0 Å². The molecule has 0 aliphatic heterocycles. The third-order valence-corrected chi connectivity index (χ3v) is 4.15. The van der Waals surface area contributed by atoms with E-state index >= 15 is 0 Å². The maximum Gasteiger partial charge on any atom is 0.277 e. The number of benzene rings is 2. The van der Waals surface area contributed by atoms with Crippen LogP contribution in [0.1, 0.15) is 35.0 Å². The second-order valence-corrected chi connectivity index (χ2v) is 6.12. The minimum absolute atomic E-state index is 0.293. The number of aromatic nitrogens is 1. The van der Waals surface area contributed by atoms with E-state index in [4.69, 9.17) is 14.0 Å². The summed E-state index contributed by atoms with van der Waals surface area (Å²) in [5, 5.41) is 6.64. The van der Waals surface area contributed by atoms with Crippen LogP contribution in [0.4, 0.5) is 5.69 Å². The van der Waals surface area contributed by atoms with E-state index in [-0.39, 0.29) is 5.91 Å². The Morgan fingerprint density at radius 3 is 2.54 bits per heavy atom. The molecular formula is C20H18N2O4. The molecule has 6 heteroatoms. The van der Waals surface area contributed by atoms with Crippen LogP contribution in [-0.2, 0) is 0 Å². The number of amides is 1. The lowest BCUT2D eigenvalue weighted by atomic mass is 10.2. The van der Waals surface area contributed by atoms with Crippen LogP contribution in [-0.4, -0.2) is 18.2 Å². The zero-order valence-corrected chi connectivity index (χ0v) is 14.3. The smallest absolute Gasteiger partial charge is 0.277 e. The standard InChI is InChI=1S/C20H18N2O4/c1-24-17-4-2-3-5-18(17)25-15-10-8-14(9-11-15)21-20(23)16-12-19(26-22-16)13-6-7-13/h2-5,8-13H,6-7H2,1H3,(H,21,23). The lowest BCUT2D eigenvalue weighted by Gasteiger charge is -2.10. The van der Waals surface area contributed by atoms with Crippen molar-refractivity contribution in [2.75, 3.05) is 12.4 Å². The van der Waals surface area contributed by atoms with Crippen molar-refractivity contribution >= 4 is 11.6 Å². The van der Waals surface area contributed by atoms with E-state index in [0.29, 0.717) is 34.5 Å². The quantitative estimate of drug-likeness (QED) is 0.703. The number of rotatable bonds is 6. The monoisotopic (exact) mass is 350 g/mol. The van der Waals surface area contributed by atoms with Gasteiger partial charge in [-0.2, -0.15) is 0 Å². The normalized spacial score (nSPS) is 13.3. The second-order valence-electron chi connectivity index (χ2n) is 6.12. The fourth-order valence-corrected chi connectivity index (χ4v) is 2.59. The van der Waals surface area contributed by atoms with E-state index in [2.05, 4.69) is 10.5 Å². The molecule has 1 saturated carbocycles. The molecule has 26 heavy (non-hydrogen) atoms. The largest absolute Gasteiger partial charge is 0.493 e. The Kier molecular flexibility index (Phi) is 4.31. The fourth-order valence-electron chi connectivity index (χ4n) is 2.59. The molecule has 2 aromatic carbocycles. The van der Waals surface area contributed by atoms with Crippen LogP contribution >= 0.6 is 0 Å². The molecule has 0 saturated heterocycles. The summed E-state index contributed by atoms with van der Waals surface area (Å²) >= 11 is 0. The summed E-state index contributed by atoms with van der Waals surface area (Å²) in [6.07, 6.45) is 2.20. The zero-order valence-electron chi connectivity index (χ0n) is 14.3. The van der Waals surface area contributed by atoms with Gasteiger partial charge in [0.2, 0.25) is 0 Å². The van der Waals surface area contributed by atoms with Crippen LogP contribution in [0.25, 0.3) is 0 Å². The topological polar surface area (TPSA) is 73.6 Å². The molecule has 1 aliphatic rings. The van der Waals surface area contributed by atoms with Crippen LogP contribution < -0.4 is 14.8 Å². The van der Waals surface area contributed by atoms with Crippen molar-refractivity contribution in [3.63, 3.8) is 0 Å². The van der Waals surface area contributed by atoms with Gasteiger partial charge in [-0.15, -0.1) is 0 Å². The Morgan fingerprint density at radius 2 is 1.85 bits per heavy atom. The SMILES string of the molecule is COc1ccccc1Oc1ccc(NC(=O)c2cc(C3CC3)on2)cc1. The molecule has 1 heterocycles. The van der Waals surface area contributed by atoms with Crippen LogP contribution in [0, 0.1) is 0 Å². The Bertz CT molecular complexity index is 914. The predicted octanol–water partition coefficient (Wildman–Crippen LogP) is 4.61. The van der Waals surface area contributed by atoms with Gasteiger partial charge in [0.05, 0.1) is 7.11 Å². The lowest BCUT2D eigenvalue weighted by molar-refractivity contribution is 0.101. The third-order valence-electron chi connectivity index (χ3n) is 4.15. The van der Waals surface area contributed by atoms with Crippen LogP contribution in [0.3, 0.4) is 0 Å². The van der Waals surface area contributed by atoms with Gasteiger partial charge in [0.15, 0.2) is 17.2 Å². The molecule has 132 valence electrons. The van der Waals surface area contributed by atoms with Crippen LogP contribution in [0.2, 0.25) is 0 Å². The van der Waals surface area contributed by atoms with Crippen molar-refractivity contribution in [1.29, 1.82) is 0 Å². The number of nitrogens with one attached hydrogen (secondary N) is 1. The number of anilines is 1. The Balaban J connectivity index is 1.41. The first kappa shape index (κ1) is 16.2. The van der Waals surface area contributed by atoms with Gasteiger partial charge in [-0.3, -0.25) is 4.79 Å². The summed E-state index contributed by atoms with van der Waals surface area (Å²) in [5.74, 6) is 2.85. The molecule has 3 aromatic rings.